The van der Waals surface area contributed by atoms with E-state index in [-0.39, 0.29) is 24.8 Å². The van der Waals surface area contributed by atoms with E-state index >= 15 is 0 Å². The molecule has 1 N–H and O–H groups in total. The highest BCUT2D eigenvalue weighted by Gasteiger charge is 2.31. The van der Waals surface area contributed by atoms with Gasteiger partial charge in [0.2, 0.25) is 11.8 Å². The Morgan fingerprint density at radius 1 is 0.879 bits per heavy atom. The Bertz CT molecular complexity index is 1060. The summed E-state index contributed by atoms with van der Waals surface area (Å²) in [6.45, 7) is 4.47. The summed E-state index contributed by atoms with van der Waals surface area (Å²) in [6, 6.07) is 22.0. The molecule has 4 nitrogen and oxygen atoms in total. The molecular formula is C27H28Cl2N2O2. The van der Waals surface area contributed by atoms with Crippen molar-refractivity contribution in [3.63, 3.8) is 0 Å². The van der Waals surface area contributed by atoms with Crippen LogP contribution in [0, 0.1) is 6.92 Å². The van der Waals surface area contributed by atoms with E-state index in [2.05, 4.69) is 5.32 Å². The van der Waals surface area contributed by atoms with E-state index in [1.54, 1.807) is 23.1 Å². The molecule has 0 aromatic heterocycles. The Labute approximate surface area is 205 Å². The summed E-state index contributed by atoms with van der Waals surface area (Å²) in [6.07, 6.45) is 0.557. The molecule has 2 amide bonds. The Morgan fingerprint density at radius 2 is 1.52 bits per heavy atom. The van der Waals surface area contributed by atoms with Crippen molar-refractivity contribution < 1.29 is 9.59 Å². The Hall–Kier alpha value is -2.82. The third kappa shape index (κ3) is 6.83. The number of carbonyl (C=O) groups is 2. The van der Waals surface area contributed by atoms with Crippen molar-refractivity contribution in [1.29, 1.82) is 0 Å². The molecule has 0 radical (unpaired) electrons. The van der Waals surface area contributed by atoms with Crippen LogP contribution in [0.25, 0.3) is 0 Å². The molecule has 33 heavy (non-hydrogen) atoms. The van der Waals surface area contributed by atoms with E-state index in [1.165, 1.54) is 0 Å². The van der Waals surface area contributed by atoms with Gasteiger partial charge in [0, 0.05) is 35.1 Å². The molecule has 0 aliphatic heterocycles. The fraction of sp³-hybridized carbons (Fsp3) is 0.259. The second kappa shape index (κ2) is 11.9. The van der Waals surface area contributed by atoms with E-state index in [9.17, 15) is 9.59 Å². The molecule has 0 aliphatic carbocycles. The largest absolute Gasteiger partial charge is 0.355 e. The van der Waals surface area contributed by atoms with Crippen LogP contribution >= 0.6 is 23.2 Å². The minimum absolute atomic E-state index is 0.137. The van der Waals surface area contributed by atoms with E-state index in [4.69, 9.17) is 23.2 Å². The molecule has 0 bridgehead atoms. The van der Waals surface area contributed by atoms with Crippen LogP contribution in [0.3, 0.4) is 0 Å². The van der Waals surface area contributed by atoms with Gasteiger partial charge in [0.1, 0.15) is 6.04 Å². The van der Waals surface area contributed by atoms with Crippen molar-refractivity contribution in [3.8, 4) is 0 Å². The molecular weight excluding hydrogens is 455 g/mol. The molecule has 3 aromatic rings. The predicted molar refractivity (Wildman–Crippen MR) is 135 cm³/mol. The lowest BCUT2D eigenvalue weighted by Gasteiger charge is -2.32. The lowest BCUT2D eigenvalue weighted by molar-refractivity contribution is -0.140. The average Bonchev–Trinajstić information content (AvgIpc) is 2.80. The third-order valence-electron chi connectivity index (χ3n) is 5.49. The fourth-order valence-corrected chi connectivity index (χ4v) is 4.20. The van der Waals surface area contributed by atoms with Gasteiger partial charge in [-0.3, -0.25) is 9.59 Å². The molecule has 0 fully saturated rings. The molecule has 0 unspecified atom stereocenters. The van der Waals surface area contributed by atoms with Gasteiger partial charge >= 0.3 is 0 Å². The lowest BCUT2D eigenvalue weighted by Crippen LogP contribution is -2.51. The maximum Gasteiger partial charge on any atom is 0.243 e. The van der Waals surface area contributed by atoms with Crippen LogP contribution in [0.2, 0.25) is 10.0 Å². The van der Waals surface area contributed by atoms with Crippen LogP contribution in [0.15, 0.2) is 72.8 Å². The van der Waals surface area contributed by atoms with Crippen molar-refractivity contribution in [2.24, 2.45) is 0 Å². The molecule has 172 valence electrons. The summed E-state index contributed by atoms with van der Waals surface area (Å²) < 4.78 is 0. The summed E-state index contributed by atoms with van der Waals surface area (Å²) in [5.74, 6) is -0.371. The number of aryl methyl sites for hydroxylation is 1. The first-order chi connectivity index (χ1) is 15.9. The van der Waals surface area contributed by atoms with Gasteiger partial charge in [-0.15, -0.1) is 0 Å². The van der Waals surface area contributed by atoms with Crippen molar-refractivity contribution >= 4 is 35.0 Å². The summed E-state index contributed by atoms with van der Waals surface area (Å²) in [5.41, 5.74) is 3.60. The normalized spacial score (nSPS) is 11.6. The van der Waals surface area contributed by atoms with Crippen LogP contribution in [0.1, 0.15) is 29.2 Å². The molecule has 6 heteroatoms. The smallest absolute Gasteiger partial charge is 0.243 e. The van der Waals surface area contributed by atoms with Crippen LogP contribution in [0.5, 0.6) is 0 Å². The van der Waals surface area contributed by atoms with Gasteiger partial charge in [0.25, 0.3) is 0 Å². The first-order valence-electron chi connectivity index (χ1n) is 11.0. The zero-order valence-electron chi connectivity index (χ0n) is 18.9. The molecule has 1 atom stereocenters. The number of carbonyl (C=O) groups excluding carboxylic acids is 2. The van der Waals surface area contributed by atoms with Gasteiger partial charge in [0.15, 0.2) is 0 Å². The van der Waals surface area contributed by atoms with E-state index in [0.29, 0.717) is 28.6 Å². The van der Waals surface area contributed by atoms with Crippen molar-refractivity contribution in [3.05, 3.63) is 105 Å². The highest BCUT2D eigenvalue weighted by atomic mass is 35.5. The van der Waals surface area contributed by atoms with Gasteiger partial charge < -0.3 is 10.2 Å². The van der Waals surface area contributed by atoms with Crippen molar-refractivity contribution in [2.75, 3.05) is 6.54 Å². The molecule has 0 spiro atoms. The maximum absolute atomic E-state index is 13.6. The number of halogens is 2. The maximum atomic E-state index is 13.6. The first kappa shape index (κ1) is 24.8. The predicted octanol–water partition coefficient (Wildman–Crippen LogP) is 5.62. The summed E-state index contributed by atoms with van der Waals surface area (Å²) in [4.78, 5) is 28.4. The number of benzene rings is 3. The van der Waals surface area contributed by atoms with Gasteiger partial charge in [-0.1, -0.05) is 89.4 Å². The number of likely N-dealkylation sites (N-methyl/N-ethyl adjacent to an activating group) is 1. The van der Waals surface area contributed by atoms with E-state index in [0.717, 1.165) is 16.7 Å². The van der Waals surface area contributed by atoms with Gasteiger partial charge in [-0.25, -0.2) is 0 Å². The quantitative estimate of drug-likeness (QED) is 0.430. The van der Waals surface area contributed by atoms with Crippen molar-refractivity contribution in [1.82, 2.24) is 10.2 Å². The van der Waals surface area contributed by atoms with E-state index in [1.807, 2.05) is 68.4 Å². The zero-order chi connectivity index (χ0) is 23.8. The number of hydrogen-bond acceptors (Lipinski definition) is 2. The zero-order valence-corrected chi connectivity index (χ0v) is 20.4. The van der Waals surface area contributed by atoms with Gasteiger partial charge in [0.05, 0.1) is 6.42 Å². The number of nitrogens with zero attached hydrogens (tertiary/aromatic N) is 1. The summed E-state index contributed by atoms with van der Waals surface area (Å²) >= 11 is 12.9. The van der Waals surface area contributed by atoms with Crippen LogP contribution in [-0.2, 0) is 29.0 Å². The Kier molecular flexibility index (Phi) is 8.93. The third-order valence-corrected chi connectivity index (χ3v) is 6.20. The molecule has 0 heterocycles. The monoisotopic (exact) mass is 482 g/mol. The average molecular weight is 483 g/mol. The molecule has 3 aromatic carbocycles. The number of nitrogens with one attached hydrogen (secondary N) is 1. The standard InChI is InChI=1S/C27H28Cl2N2O2/c1-3-30-27(33)25(16-20-8-5-4-6-9-20)31(18-22-23(28)10-7-11-24(22)29)26(32)17-21-14-12-19(2)13-15-21/h4-15,25H,3,16-18H2,1-2H3,(H,30,33)/t25-/m0/s1. The first-order valence-corrected chi connectivity index (χ1v) is 11.7. The van der Waals surface area contributed by atoms with Crippen LogP contribution in [-0.4, -0.2) is 29.3 Å². The van der Waals surface area contributed by atoms with Crippen LogP contribution in [0.4, 0.5) is 0 Å². The summed E-state index contributed by atoms with van der Waals surface area (Å²) in [5, 5.41) is 3.81. The molecule has 3 rings (SSSR count). The fourth-order valence-electron chi connectivity index (χ4n) is 3.68. The van der Waals surface area contributed by atoms with Gasteiger partial charge in [-0.05, 0) is 37.1 Å². The number of hydrogen-bond donors (Lipinski definition) is 1. The minimum atomic E-state index is -0.711. The lowest BCUT2D eigenvalue weighted by atomic mass is 10.0. The number of amides is 2. The van der Waals surface area contributed by atoms with Crippen LogP contribution < -0.4 is 5.32 Å². The second-order valence-corrected chi connectivity index (χ2v) is 8.80. The number of rotatable bonds is 9. The second-order valence-electron chi connectivity index (χ2n) is 7.98. The molecule has 0 aliphatic rings. The van der Waals surface area contributed by atoms with Gasteiger partial charge in [-0.2, -0.15) is 0 Å². The highest BCUT2D eigenvalue weighted by Crippen LogP contribution is 2.27. The SMILES string of the molecule is CCNC(=O)[C@H](Cc1ccccc1)N(Cc1c(Cl)cccc1Cl)C(=O)Cc1ccc(C)cc1. The topological polar surface area (TPSA) is 49.4 Å². The molecule has 0 saturated carbocycles. The Balaban J connectivity index is 1.99. The highest BCUT2D eigenvalue weighted by molar-refractivity contribution is 6.36. The Morgan fingerprint density at radius 3 is 2.12 bits per heavy atom. The minimum Gasteiger partial charge on any atom is -0.355 e. The molecule has 0 saturated heterocycles. The van der Waals surface area contributed by atoms with E-state index < -0.39 is 6.04 Å². The summed E-state index contributed by atoms with van der Waals surface area (Å²) in [7, 11) is 0. The van der Waals surface area contributed by atoms with Crippen molar-refractivity contribution in [2.45, 2.75) is 39.3 Å².